The normalized spacial score (nSPS) is 11.8. The van der Waals surface area contributed by atoms with Gasteiger partial charge in [-0.3, -0.25) is 4.79 Å². The summed E-state index contributed by atoms with van der Waals surface area (Å²) < 4.78 is 6.24. The Kier molecular flexibility index (Phi) is 10.8. The van der Waals surface area contributed by atoms with Crippen LogP contribution in [0.15, 0.2) is 99.6 Å². The fourth-order valence-electron chi connectivity index (χ4n) is 4.44. The zero-order valence-electron chi connectivity index (χ0n) is 20.9. The Morgan fingerprint density at radius 2 is 1.06 bits per heavy atom. The molecule has 0 bridgehead atoms. The second kappa shape index (κ2) is 14.0. The van der Waals surface area contributed by atoms with Crippen molar-refractivity contribution in [2.75, 3.05) is 0 Å². The monoisotopic (exact) mass is 476 g/mol. The highest BCUT2D eigenvalue weighted by atomic mass is 32.3. The molecule has 0 heterocycles. The first-order valence-electron chi connectivity index (χ1n) is 12.9. The Morgan fingerprint density at radius 1 is 0.618 bits per heavy atom. The first-order chi connectivity index (χ1) is 16.7. The summed E-state index contributed by atoms with van der Waals surface area (Å²) in [7, 11) is -2.14. The zero-order valence-corrected chi connectivity index (χ0v) is 21.7. The fraction of sp³-hybridized carbons (Fsp3) is 0.387. The van der Waals surface area contributed by atoms with E-state index in [4.69, 9.17) is 4.18 Å². The van der Waals surface area contributed by atoms with Crippen LogP contribution >= 0.6 is 10.3 Å². The van der Waals surface area contributed by atoms with Gasteiger partial charge in [0.05, 0.1) is 0 Å². The van der Waals surface area contributed by atoms with Crippen molar-refractivity contribution in [3.63, 3.8) is 0 Å². The summed E-state index contributed by atoms with van der Waals surface area (Å²) in [6.07, 6.45) is 13.2. The first-order valence-corrected chi connectivity index (χ1v) is 14.4. The Morgan fingerprint density at radius 3 is 1.53 bits per heavy atom. The second-order valence-electron chi connectivity index (χ2n) is 8.98. The molecule has 0 aliphatic carbocycles. The summed E-state index contributed by atoms with van der Waals surface area (Å²) in [6.45, 7) is 3.78. The average Bonchev–Trinajstić information content (AvgIpc) is 2.87. The number of hydrogen-bond donors (Lipinski definition) is 0. The number of benzene rings is 3. The molecule has 182 valence electrons. The minimum Gasteiger partial charge on any atom is -0.402 e. The number of hydrogen-bond acceptors (Lipinski definition) is 2. The molecule has 0 fully saturated rings. The van der Waals surface area contributed by atoms with Crippen molar-refractivity contribution in [1.29, 1.82) is 0 Å². The van der Waals surface area contributed by atoms with Gasteiger partial charge in [-0.15, -0.1) is 0 Å². The van der Waals surface area contributed by atoms with Crippen LogP contribution < -0.4 is 0 Å². The molecule has 0 radical (unpaired) electrons. The van der Waals surface area contributed by atoms with E-state index in [2.05, 4.69) is 55.5 Å². The molecule has 3 aromatic rings. The summed E-state index contributed by atoms with van der Waals surface area (Å²) in [6, 6.07) is 29.1. The first kappa shape index (κ1) is 26.1. The molecule has 3 rings (SSSR count). The molecular formula is C31H40O2S. The third-order valence-electron chi connectivity index (χ3n) is 6.22. The molecule has 0 amide bonds. The van der Waals surface area contributed by atoms with Crippen LogP contribution in [0.25, 0.3) is 0 Å². The Hall–Kier alpha value is -2.52. The lowest BCUT2D eigenvalue weighted by molar-refractivity contribution is -0.131. The molecule has 0 atom stereocenters. The van der Waals surface area contributed by atoms with Gasteiger partial charge in [-0.25, -0.2) is 0 Å². The van der Waals surface area contributed by atoms with E-state index in [9.17, 15) is 4.79 Å². The summed E-state index contributed by atoms with van der Waals surface area (Å²) in [5, 5.41) is 0. The van der Waals surface area contributed by atoms with Crippen molar-refractivity contribution in [2.24, 2.45) is 0 Å². The van der Waals surface area contributed by atoms with Crippen molar-refractivity contribution in [2.45, 2.75) is 92.7 Å². The minimum absolute atomic E-state index is 0.263. The van der Waals surface area contributed by atoms with E-state index in [-0.39, 0.29) is 5.97 Å². The van der Waals surface area contributed by atoms with Gasteiger partial charge in [-0.05, 0) is 65.1 Å². The van der Waals surface area contributed by atoms with Crippen molar-refractivity contribution >= 4 is 16.3 Å². The van der Waals surface area contributed by atoms with Crippen LogP contribution in [0.3, 0.4) is 0 Å². The second-order valence-corrected chi connectivity index (χ2v) is 11.7. The number of unbranched alkanes of at least 4 members (excludes halogenated alkanes) is 8. The fourth-order valence-corrected chi connectivity index (χ4v) is 7.50. The van der Waals surface area contributed by atoms with Crippen LogP contribution in [0.4, 0.5) is 0 Å². The van der Waals surface area contributed by atoms with Crippen LogP contribution in [0, 0.1) is 0 Å². The lowest BCUT2D eigenvalue weighted by Gasteiger charge is -2.39. The Balaban J connectivity index is 1.71. The molecule has 3 heteroatoms. The molecule has 0 saturated carbocycles. The summed E-state index contributed by atoms with van der Waals surface area (Å²) in [5.74, 6) is -0.263. The van der Waals surface area contributed by atoms with Gasteiger partial charge in [0.15, 0.2) is 0 Å². The Bertz CT molecular complexity index is 928. The molecule has 2 nitrogen and oxygen atoms in total. The standard InChI is InChI=1S/C31H40O2S/c1-3-4-5-6-7-8-9-10-13-18-28-23-25-31(26-24-28)34(33-27(2)32,29-19-14-11-15-20-29)30-21-16-12-17-22-30/h11-12,14-17,19-26H,3-10,13,18H2,1-2H3. The van der Waals surface area contributed by atoms with Crippen LogP contribution in [0.5, 0.6) is 0 Å². The van der Waals surface area contributed by atoms with E-state index in [1.807, 2.05) is 36.4 Å². The van der Waals surface area contributed by atoms with Gasteiger partial charge < -0.3 is 4.18 Å². The molecule has 0 aliphatic rings. The minimum atomic E-state index is -2.14. The summed E-state index contributed by atoms with van der Waals surface area (Å²) in [4.78, 5) is 15.5. The molecular weight excluding hydrogens is 436 g/mol. The van der Waals surface area contributed by atoms with E-state index in [0.717, 1.165) is 21.1 Å². The van der Waals surface area contributed by atoms with Gasteiger partial charge in [0.2, 0.25) is 0 Å². The van der Waals surface area contributed by atoms with Gasteiger partial charge in [-0.2, -0.15) is 0 Å². The van der Waals surface area contributed by atoms with E-state index in [0.29, 0.717) is 0 Å². The third kappa shape index (κ3) is 7.24. The largest absolute Gasteiger partial charge is 0.402 e. The summed E-state index contributed by atoms with van der Waals surface area (Å²) in [5.41, 5.74) is 1.35. The van der Waals surface area contributed by atoms with Gasteiger partial charge in [0, 0.05) is 21.6 Å². The topological polar surface area (TPSA) is 26.3 Å². The van der Waals surface area contributed by atoms with Crippen molar-refractivity contribution in [3.05, 3.63) is 90.5 Å². The van der Waals surface area contributed by atoms with E-state index in [1.165, 1.54) is 70.3 Å². The predicted octanol–water partition coefficient (Wildman–Crippen LogP) is 9.52. The highest BCUT2D eigenvalue weighted by Crippen LogP contribution is 2.69. The van der Waals surface area contributed by atoms with E-state index >= 15 is 0 Å². The molecule has 34 heavy (non-hydrogen) atoms. The number of carbonyl (C=O) groups is 1. The molecule has 3 aromatic carbocycles. The maximum absolute atomic E-state index is 12.3. The lowest BCUT2D eigenvalue weighted by atomic mass is 10.0. The number of rotatable bonds is 14. The van der Waals surface area contributed by atoms with Crippen molar-refractivity contribution < 1.29 is 8.98 Å². The highest BCUT2D eigenvalue weighted by molar-refractivity contribution is 8.30. The average molecular weight is 477 g/mol. The SMILES string of the molecule is CCCCCCCCCCCc1ccc(S(OC(C)=O)(c2ccccc2)c2ccccc2)cc1. The zero-order chi connectivity index (χ0) is 24.1. The number of carbonyl (C=O) groups excluding carboxylic acids is 1. The van der Waals surface area contributed by atoms with Gasteiger partial charge >= 0.3 is 5.97 Å². The third-order valence-corrected chi connectivity index (χ3v) is 9.51. The van der Waals surface area contributed by atoms with E-state index < -0.39 is 10.3 Å². The van der Waals surface area contributed by atoms with Gasteiger partial charge in [0.25, 0.3) is 0 Å². The van der Waals surface area contributed by atoms with Crippen LogP contribution in [-0.2, 0) is 15.4 Å². The van der Waals surface area contributed by atoms with Crippen molar-refractivity contribution in [1.82, 2.24) is 0 Å². The van der Waals surface area contributed by atoms with Crippen LogP contribution in [-0.4, -0.2) is 5.97 Å². The van der Waals surface area contributed by atoms with Gasteiger partial charge in [0.1, 0.15) is 0 Å². The van der Waals surface area contributed by atoms with Crippen molar-refractivity contribution in [3.8, 4) is 0 Å². The number of aryl methyl sites for hydroxylation is 1. The molecule has 0 saturated heterocycles. The molecule has 0 spiro atoms. The smallest absolute Gasteiger partial charge is 0.313 e. The summed E-state index contributed by atoms with van der Waals surface area (Å²) >= 11 is 0. The molecule has 0 N–H and O–H groups in total. The molecule has 0 unspecified atom stereocenters. The molecule has 0 aromatic heterocycles. The quantitative estimate of drug-likeness (QED) is 0.216. The van der Waals surface area contributed by atoms with Gasteiger partial charge in [-0.1, -0.05) is 107 Å². The maximum Gasteiger partial charge on any atom is 0.313 e. The molecule has 0 aliphatic heterocycles. The maximum atomic E-state index is 12.3. The van der Waals surface area contributed by atoms with Crippen LogP contribution in [0.1, 0.15) is 77.2 Å². The Labute approximate surface area is 208 Å². The predicted molar refractivity (Wildman–Crippen MR) is 144 cm³/mol. The lowest BCUT2D eigenvalue weighted by Crippen LogP contribution is -2.11. The van der Waals surface area contributed by atoms with Crippen LogP contribution in [0.2, 0.25) is 0 Å². The highest BCUT2D eigenvalue weighted by Gasteiger charge is 2.34. The van der Waals surface area contributed by atoms with E-state index in [1.54, 1.807) is 0 Å².